The molecule has 1 aliphatic carbocycles. The predicted molar refractivity (Wildman–Crippen MR) is 117 cm³/mol. The summed E-state index contributed by atoms with van der Waals surface area (Å²) in [5, 5.41) is 14.1. The molecule has 0 saturated heterocycles. The van der Waals surface area contributed by atoms with Crippen molar-refractivity contribution in [1.82, 2.24) is 14.7 Å². The van der Waals surface area contributed by atoms with Gasteiger partial charge in [0.25, 0.3) is 5.91 Å². The van der Waals surface area contributed by atoms with Crippen molar-refractivity contribution in [1.29, 1.82) is 5.26 Å². The highest BCUT2D eigenvalue weighted by Gasteiger charge is 2.34. The van der Waals surface area contributed by atoms with E-state index in [1.807, 2.05) is 12.3 Å². The lowest BCUT2D eigenvalue weighted by Crippen LogP contribution is -2.28. The average molecular weight is 433 g/mol. The van der Waals surface area contributed by atoms with Crippen LogP contribution in [0.2, 0.25) is 0 Å². The number of carbonyl (C=O) groups excluding carboxylic acids is 1. The Bertz CT molecular complexity index is 1150. The number of carbonyl (C=O) groups is 1. The summed E-state index contributed by atoms with van der Waals surface area (Å²) in [4.78, 5) is 19.4. The summed E-state index contributed by atoms with van der Waals surface area (Å²) in [5.41, 5.74) is 4.26. The Kier molecular flexibility index (Phi) is 5.25. The predicted octanol–water partition coefficient (Wildman–Crippen LogP) is 4.19. The zero-order valence-electron chi connectivity index (χ0n) is 17.9. The third kappa shape index (κ3) is 3.48. The maximum Gasteiger partial charge on any atom is 0.258 e. The Labute approximate surface area is 185 Å². The number of methoxy groups -OCH3 is 1. The molecular weight excluding hydrogens is 409 g/mol. The van der Waals surface area contributed by atoms with E-state index in [1.54, 1.807) is 21.8 Å². The number of nitrogens with zero attached hydrogens (tertiary/aromatic N) is 5. The molecule has 2 aromatic rings. The second-order valence-electron chi connectivity index (χ2n) is 8.55. The summed E-state index contributed by atoms with van der Waals surface area (Å²) in [6.45, 7) is 0.772. The van der Waals surface area contributed by atoms with Crippen molar-refractivity contribution >= 4 is 17.8 Å². The SMILES string of the molecule is COc1c(C#N)ccc(C2CCCC2)c1C(=O)N1Cc2cn(C3=CN=CC(F)C3)nc2C1. The molecule has 1 unspecified atom stereocenters. The second kappa shape index (κ2) is 8.23. The Morgan fingerprint density at radius 1 is 1.28 bits per heavy atom. The molecule has 5 rings (SSSR count). The number of rotatable bonds is 4. The van der Waals surface area contributed by atoms with Crippen LogP contribution in [0.15, 0.2) is 29.5 Å². The normalized spacial score (nSPS) is 20.2. The molecule has 3 heterocycles. The molecular formula is C24H24FN5O2. The maximum absolute atomic E-state index is 13.7. The largest absolute Gasteiger partial charge is 0.495 e. The number of hydrogen-bond acceptors (Lipinski definition) is 5. The lowest BCUT2D eigenvalue weighted by atomic mass is 9.90. The number of alkyl halides is 1. The molecule has 0 bridgehead atoms. The minimum absolute atomic E-state index is 0.143. The smallest absolute Gasteiger partial charge is 0.258 e. The van der Waals surface area contributed by atoms with Gasteiger partial charge in [-0.2, -0.15) is 10.4 Å². The molecule has 1 aromatic carbocycles. The molecule has 1 saturated carbocycles. The molecule has 0 radical (unpaired) electrons. The minimum atomic E-state index is -1.11. The number of ether oxygens (including phenoxy) is 1. The van der Waals surface area contributed by atoms with Crippen LogP contribution in [0.5, 0.6) is 5.75 Å². The van der Waals surface area contributed by atoms with E-state index in [0.29, 0.717) is 41.6 Å². The van der Waals surface area contributed by atoms with E-state index in [0.717, 1.165) is 42.5 Å². The Morgan fingerprint density at radius 3 is 2.78 bits per heavy atom. The van der Waals surface area contributed by atoms with Gasteiger partial charge in [-0.05, 0) is 30.4 Å². The monoisotopic (exact) mass is 433 g/mol. The summed E-state index contributed by atoms with van der Waals surface area (Å²) in [6.07, 6.45) is 8.23. The number of aliphatic imine (C=N–C) groups is 1. The quantitative estimate of drug-likeness (QED) is 0.724. The summed E-state index contributed by atoms with van der Waals surface area (Å²) < 4.78 is 20.9. The van der Waals surface area contributed by atoms with Gasteiger partial charge in [-0.1, -0.05) is 18.9 Å². The molecule has 1 atom stereocenters. The average Bonchev–Trinajstić information content (AvgIpc) is 3.54. The number of halogens is 1. The molecule has 1 fully saturated rings. The van der Waals surface area contributed by atoms with Gasteiger partial charge in [0.05, 0.1) is 36.2 Å². The van der Waals surface area contributed by atoms with E-state index in [9.17, 15) is 14.4 Å². The van der Waals surface area contributed by atoms with Crippen LogP contribution in [-0.2, 0) is 13.1 Å². The highest BCUT2D eigenvalue weighted by atomic mass is 19.1. The van der Waals surface area contributed by atoms with Gasteiger partial charge in [-0.15, -0.1) is 0 Å². The zero-order chi connectivity index (χ0) is 22.2. The van der Waals surface area contributed by atoms with Gasteiger partial charge in [-0.3, -0.25) is 9.79 Å². The van der Waals surface area contributed by atoms with E-state index < -0.39 is 6.17 Å². The van der Waals surface area contributed by atoms with Crippen LogP contribution in [0.25, 0.3) is 5.70 Å². The van der Waals surface area contributed by atoms with Crippen molar-refractivity contribution in [2.75, 3.05) is 7.11 Å². The molecule has 1 amide bonds. The van der Waals surface area contributed by atoms with Gasteiger partial charge in [0.15, 0.2) is 0 Å². The first-order valence-corrected chi connectivity index (χ1v) is 10.9. The van der Waals surface area contributed by atoms with E-state index in [4.69, 9.17) is 4.74 Å². The number of nitriles is 1. The van der Waals surface area contributed by atoms with Crippen LogP contribution in [0.4, 0.5) is 4.39 Å². The molecule has 0 spiro atoms. The van der Waals surface area contributed by atoms with Gasteiger partial charge in [-0.25, -0.2) is 9.07 Å². The van der Waals surface area contributed by atoms with Crippen LogP contribution in [0.3, 0.4) is 0 Å². The molecule has 8 heteroatoms. The maximum atomic E-state index is 13.7. The molecule has 32 heavy (non-hydrogen) atoms. The topological polar surface area (TPSA) is 83.5 Å². The van der Waals surface area contributed by atoms with E-state index in [2.05, 4.69) is 16.2 Å². The summed E-state index contributed by atoms with van der Waals surface area (Å²) in [5.74, 6) is 0.517. The van der Waals surface area contributed by atoms with Gasteiger partial charge in [0.1, 0.15) is 18.0 Å². The second-order valence-corrected chi connectivity index (χ2v) is 8.55. The van der Waals surface area contributed by atoms with Gasteiger partial charge < -0.3 is 9.64 Å². The van der Waals surface area contributed by atoms with Crippen molar-refractivity contribution in [3.05, 3.63) is 52.5 Å². The van der Waals surface area contributed by atoms with Gasteiger partial charge >= 0.3 is 0 Å². The number of hydrogen-bond donors (Lipinski definition) is 0. The first-order valence-electron chi connectivity index (χ1n) is 10.9. The fraction of sp³-hybridized carbons (Fsp3) is 0.417. The van der Waals surface area contributed by atoms with Crippen LogP contribution >= 0.6 is 0 Å². The lowest BCUT2D eigenvalue weighted by Gasteiger charge is -2.23. The fourth-order valence-corrected chi connectivity index (χ4v) is 4.98. The zero-order valence-corrected chi connectivity index (χ0v) is 17.9. The molecule has 1 aromatic heterocycles. The van der Waals surface area contributed by atoms with Gasteiger partial charge in [0, 0.05) is 37.1 Å². The van der Waals surface area contributed by atoms with Crippen LogP contribution in [0, 0.1) is 11.3 Å². The van der Waals surface area contributed by atoms with Crippen molar-refractivity contribution in [2.45, 2.75) is 57.3 Å². The van der Waals surface area contributed by atoms with E-state index in [1.165, 1.54) is 13.3 Å². The molecule has 3 aliphatic rings. The minimum Gasteiger partial charge on any atom is -0.495 e. The van der Waals surface area contributed by atoms with Crippen molar-refractivity contribution in [3.63, 3.8) is 0 Å². The highest BCUT2D eigenvalue weighted by molar-refractivity contribution is 5.99. The van der Waals surface area contributed by atoms with Crippen LogP contribution < -0.4 is 4.74 Å². The summed E-state index contributed by atoms with van der Waals surface area (Å²) in [7, 11) is 1.51. The van der Waals surface area contributed by atoms with Crippen molar-refractivity contribution in [3.8, 4) is 11.8 Å². The molecule has 7 nitrogen and oxygen atoms in total. The molecule has 2 aliphatic heterocycles. The number of amides is 1. The van der Waals surface area contributed by atoms with Crippen molar-refractivity contribution < 1.29 is 13.9 Å². The summed E-state index contributed by atoms with van der Waals surface area (Å²) in [6, 6.07) is 5.82. The number of fused-ring (bicyclic) bond motifs is 1. The number of allylic oxidation sites excluding steroid dienone is 1. The Morgan fingerprint density at radius 2 is 2.09 bits per heavy atom. The lowest BCUT2D eigenvalue weighted by molar-refractivity contribution is 0.0744. The number of benzene rings is 1. The Balaban J connectivity index is 1.44. The molecule has 164 valence electrons. The fourth-order valence-electron chi connectivity index (χ4n) is 4.98. The molecule has 0 N–H and O–H groups in total. The van der Waals surface area contributed by atoms with E-state index in [-0.39, 0.29) is 12.3 Å². The van der Waals surface area contributed by atoms with E-state index >= 15 is 0 Å². The Hall–Kier alpha value is -3.47. The first kappa shape index (κ1) is 20.4. The third-order valence-corrected chi connectivity index (χ3v) is 6.56. The summed E-state index contributed by atoms with van der Waals surface area (Å²) >= 11 is 0. The van der Waals surface area contributed by atoms with Crippen LogP contribution in [0.1, 0.15) is 70.8 Å². The standard InChI is InChI=1S/C24H24FN5O2/c1-32-23-16(9-26)6-7-20(15-4-2-3-5-15)22(23)24(31)29-12-17-13-30(28-21(17)14-29)19-8-18(25)10-27-11-19/h6-7,10-11,13,15,18H,2-5,8,12,14H2,1H3. The third-order valence-electron chi connectivity index (χ3n) is 6.56. The van der Waals surface area contributed by atoms with Crippen LogP contribution in [-0.4, -0.2) is 40.1 Å². The first-order chi connectivity index (χ1) is 15.6. The number of aromatic nitrogens is 2. The van der Waals surface area contributed by atoms with Crippen molar-refractivity contribution in [2.24, 2.45) is 4.99 Å². The van der Waals surface area contributed by atoms with Gasteiger partial charge in [0.2, 0.25) is 0 Å². The highest BCUT2D eigenvalue weighted by Crippen LogP contribution is 2.41.